The van der Waals surface area contributed by atoms with Crippen LogP contribution in [-0.4, -0.2) is 43.3 Å². The molecule has 0 aromatic heterocycles. The van der Waals surface area contributed by atoms with Gasteiger partial charge in [-0.25, -0.2) is 0 Å². The van der Waals surface area contributed by atoms with Crippen molar-refractivity contribution in [2.24, 2.45) is 0 Å². The van der Waals surface area contributed by atoms with Crippen molar-refractivity contribution in [1.29, 1.82) is 0 Å². The lowest BCUT2D eigenvalue weighted by atomic mass is 9.86. The molecule has 2 atom stereocenters. The lowest BCUT2D eigenvalue weighted by Gasteiger charge is -2.48. The molecule has 0 saturated carbocycles. The molecule has 0 bridgehead atoms. The van der Waals surface area contributed by atoms with Gasteiger partial charge in [0.1, 0.15) is 0 Å². The molecule has 1 saturated heterocycles. The van der Waals surface area contributed by atoms with Gasteiger partial charge in [-0.05, 0) is 32.8 Å². The van der Waals surface area contributed by atoms with Crippen LogP contribution in [0.1, 0.15) is 39.7 Å². The average Bonchev–Trinajstić information content (AvgIpc) is 2.50. The van der Waals surface area contributed by atoms with E-state index >= 15 is 0 Å². The van der Waals surface area contributed by atoms with Gasteiger partial charge in [-0.1, -0.05) is 37.3 Å². The van der Waals surface area contributed by atoms with Crippen molar-refractivity contribution >= 4 is 0 Å². The first-order valence-electron chi connectivity index (χ1n) is 8.22. The first-order valence-corrected chi connectivity index (χ1v) is 8.22. The lowest BCUT2D eigenvalue weighted by Crippen LogP contribution is -2.61. The van der Waals surface area contributed by atoms with Crippen molar-refractivity contribution in [1.82, 2.24) is 10.2 Å². The Kier molecular flexibility index (Phi) is 5.80. The van der Waals surface area contributed by atoms with Gasteiger partial charge >= 0.3 is 0 Å². The molecule has 2 rings (SSSR count). The molecule has 0 amide bonds. The van der Waals surface area contributed by atoms with Crippen molar-refractivity contribution in [2.75, 3.05) is 26.2 Å². The van der Waals surface area contributed by atoms with Crippen molar-refractivity contribution in [3.63, 3.8) is 0 Å². The van der Waals surface area contributed by atoms with Crippen molar-refractivity contribution in [2.45, 2.75) is 51.8 Å². The Morgan fingerprint density at radius 1 is 1.33 bits per heavy atom. The quantitative estimate of drug-likeness (QED) is 0.871. The molecule has 0 spiro atoms. The monoisotopic (exact) mass is 290 g/mol. The van der Waals surface area contributed by atoms with E-state index in [1.807, 2.05) is 0 Å². The van der Waals surface area contributed by atoms with Crippen LogP contribution in [-0.2, 0) is 10.3 Å². The fourth-order valence-electron chi connectivity index (χ4n) is 3.08. The van der Waals surface area contributed by atoms with Crippen LogP contribution in [0.4, 0.5) is 0 Å². The molecule has 21 heavy (non-hydrogen) atoms. The predicted molar refractivity (Wildman–Crippen MR) is 88.5 cm³/mol. The van der Waals surface area contributed by atoms with Gasteiger partial charge in [-0.3, -0.25) is 4.90 Å². The van der Waals surface area contributed by atoms with Crippen molar-refractivity contribution < 1.29 is 4.74 Å². The summed E-state index contributed by atoms with van der Waals surface area (Å²) in [7, 11) is 0. The fourth-order valence-corrected chi connectivity index (χ4v) is 3.08. The maximum atomic E-state index is 5.78. The minimum Gasteiger partial charge on any atom is -0.377 e. The second-order valence-corrected chi connectivity index (χ2v) is 6.49. The van der Waals surface area contributed by atoms with Crippen LogP contribution in [0.15, 0.2) is 30.3 Å². The molecule has 2 unspecified atom stereocenters. The molecule has 3 heteroatoms. The zero-order chi connectivity index (χ0) is 15.3. The maximum Gasteiger partial charge on any atom is 0.0597 e. The minimum absolute atomic E-state index is 0.0489. The highest BCUT2D eigenvalue weighted by Crippen LogP contribution is 2.30. The molecule has 1 aromatic rings. The van der Waals surface area contributed by atoms with Gasteiger partial charge in [-0.2, -0.15) is 0 Å². The zero-order valence-corrected chi connectivity index (χ0v) is 13.9. The van der Waals surface area contributed by atoms with E-state index in [4.69, 9.17) is 4.74 Å². The first kappa shape index (κ1) is 16.5. The highest BCUT2D eigenvalue weighted by atomic mass is 16.5. The van der Waals surface area contributed by atoms with E-state index in [9.17, 15) is 0 Å². The number of ether oxygens (including phenoxy) is 1. The predicted octanol–water partition coefficient (Wildman–Crippen LogP) is 3.01. The molecule has 3 nitrogen and oxygen atoms in total. The van der Waals surface area contributed by atoms with Gasteiger partial charge < -0.3 is 10.1 Å². The molecular weight excluding hydrogens is 260 g/mol. The summed E-state index contributed by atoms with van der Waals surface area (Å²) in [6, 6.07) is 11.4. The number of nitrogens with one attached hydrogen (secondary N) is 1. The van der Waals surface area contributed by atoms with Crippen LogP contribution in [0, 0.1) is 0 Å². The Morgan fingerprint density at radius 2 is 2.05 bits per heavy atom. The summed E-state index contributed by atoms with van der Waals surface area (Å²) in [4.78, 5) is 2.59. The third-order valence-corrected chi connectivity index (χ3v) is 4.57. The molecule has 1 aliphatic heterocycles. The zero-order valence-electron chi connectivity index (χ0n) is 13.9. The van der Waals surface area contributed by atoms with Crippen LogP contribution in [0.3, 0.4) is 0 Å². The van der Waals surface area contributed by atoms with Gasteiger partial charge in [0, 0.05) is 25.7 Å². The maximum absolute atomic E-state index is 5.78. The van der Waals surface area contributed by atoms with Gasteiger partial charge in [0.25, 0.3) is 0 Å². The summed E-state index contributed by atoms with van der Waals surface area (Å²) in [5, 5.41) is 3.70. The number of nitrogens with zero attached hydrogens (tertiary/aromatic N) is 1. The highest BCUT2D eigenvalue weighted by molar-refractivity contribution is 5.25. The van der Waals surface area contributed by atoms with Crippen LogP contribution >= 0.6 is 0 Å². The number of benzene rings is 1. The summed E-state index contributed by atoms with van der Waals surface area (Å²) in [5.41, 5.74) is 1.43. The number of hydrogen-bond acceptors (Lipinski definition) is 3. The van der Waals surface area contributed by atoms with Crippen LogP contribution < -0.4 is 5.32 Å². The summed E-state index contributed by atoms with van der Waals surface area (Å²) in [6.07, 6.45) is 1.48. The summed E-state index contributed by atoms with van der Waals surface area (Å²) in [6.45, 7) is 12.7. The van der Waals surface area contributed by atoms with Crippen LogP contribution in [0.2, 0.25) is 0 Å². The second kappa shape index (κ2) is 7.39. The van der Waals surface area contributed by atoms with Crippen LogP contribution in [0.25, 0.3) is 0 Å². The SMILES string of the molecule is CCC1CN(CCOC(C)C)C(C)(c2ccccc2)CN1. The van der Waals surface area contributed by atoms with E-state index in [0.717, 1.165) is 26.2 Å². The second-order valence-electron chi connectivity index (χ2n) is 6.49. The third kappa shape index (κ3) is 4.06. The first-order chi connectivity index (χ1) is 10.1. The summed E-state index contributed by atoms with van der Waals surface area (Å²) < 4.78 is 5.78. The largest absolute Gasteiger partial charge is 0.377 e. The van der Waals surface area contributed by atoms with Crippen molar-refractivity contribution in [3.8, 4) is 0 Å². The third-order valence-electron chi connectivity index (χ3n) is 4.57. The Labute approximate surface area is 129 Å². The van der Waals surface area contributed by atoms with Crippen LogP contribution in [0.5, 0.6) is 0 Å². The van der Waals surface area contributed by atoms with Gasteiger partial charge in [0.05, 0.1) is 18.2 Å². The average molecular weight is 290 g/mol. The molecule has 118 valence electrons. The van der Waals surface area contributed by atoms with E-state index in [0.29, 0.717) is 12.1 Å². The molecular formula is C18H30N2O. The van der Waals surface area contributed by atoms with E-state index < -0.39 is 0 Å². The molecule has 0 aliphatic carbocycles. The van der Waals surface area contributed by atoms with E-state index in [2.05, 4.69) is 68.2 Å². The Balaban J connectivity index is 2.12. The van der Waals surface area contributed by atoms with Crippen molar-refractivity contribution in [3.05, 3.63) is 35.9 Å². The minimum atomic E-state index is 0.0489. The molecule has 1 aromatic carbocycles. The molecule has 1 N–H and O–H groups in total. The standard InChI is InChI=1S/C18H30N2O/c1-5-17-13-20(11-12-21-15(2)3)18(4,14-19-17)16-9-7-6-8-10-16/h6-10,15,17,19H,5,11-14H2,1-4H3. The normalized spacial score (nSPS) is 27.2. The van der Waals surface area contributed by atoms with Gasteiger partial charge in [0.2, 0.25) is 0 Å². The van der Waals surface area contributed by atoms with E-state index in [-0.39, 0.29) is 5.54 Å². The van der Waals surface area contributed by atoms with E-state index in [1.54, 1.807) is 0 Å². The lowest BCUT2D eigenvalue weighted by molar-refractivity contribution is 0.00148. The number of rotatable bonds is 6. The Bertz CT molecular complexity index is 420. The smallest absolute Gasteiger partial charge is 0.0597 e. The highest BCUT2D eigenvalue weighted by Gasteiger charge is 2.38. The van der Waals surface area contributed by atoms with Gasteiger partial charge in [-0.15, -0.1) is 0 Å². The molecule has 1 fully saturated rings. The molecule has 1 aliphatic rings. The summed E-state index contributed by atoms with van der Waals surface area (Å²) >= 11 is 0. The Hall–Kier alpha value is -0.900. The van der Waals surface area contributed by atoms with E-state index in [1.165, 1.54) is 12.0 Å². The fraction of sp³-hybridized carbons (Fsp3) is 0.667. The Morgan fingerprint density at radius 3 is 2.67 bits per heavy atom. The topological polar surface area (TPSA) is 24.5 Å². The number of hydrogen-bond donors (Lipinski definition) is 1. The number of piperazine rings is 1. The van der Waals surface area contributed by atoms with Gasteiger partial charge in [0.15, 0.2) is 0 Å². The summed E-state index contributed by atoms with van der Waals surface area (Å²) in [5.74, 6) is 0. The molecule has 1 heterocycles. The molecule has 0 radical (unpaired) electrons.